The van der Waals surface area contributed by atoms with Gasteiger partial charge in [-0.15, -0.1) is 10.2 Å². The van der Waals surface area contributed by atoms with Crippen LogP contribution >= 0.6 is 11.8 Å². The van der Waals surface area contributed by atoms with E-state index in [9.17, 15) is 9.59 Å². The molecule has 0 radical (unpaired) electrons. The van der Waals surface area contributed by atoms with Crippen molar-refractivity contribution < 1.29 is 14.3 Å². The smallest absolute Gasteiger partial charge is 0.185 e. The van der Waals surface area contributed by atoms with Gasteiger partial charge in [-0.1, -0.05) is 11.8 Å². The summed E-state index contributed by atoms with van der Waals surface area (Å²) in [6.45, 7) is 5.34. The van der Waals surface area contributed by atoms with Crippen LogP contribution < -0.4 is 4.74 Å². The predicted molar refractivity (Wildman–Crippen MR) is 98.4 cm³/mol. The third-order valence-electron chi connectivity index (χ3n) is 3.64. The second-order valence-electron chi connectivity index (χ2n) is 5.64. The topological polar surface area (TPSA) is 86.5 Å². The van der Waals surface area contributed by atoms with E-state index in [1.165, 1.54) is 13.8 Å². The van der Waals surface area contributed by atoms with E-state index < -0.39 is 5.25 Å². The van der Waals surface area contributed by atoms with Crippen LogP contribution in [0.5, 0.6) is 5.75 Å². The van der Waals surface area contributed by atoms with E-state index in [1.807, 2.05) is 31.2 Å². The molecule has 0 spiro atoms. The number of Topliss-reactive ketones (excluding diaryl/α,β-unsaturated/α-hetero) is 2. The molecule has 26 heavy (non-hydrogen) atoms. The Morgan fingerprint density at radius 2 is 1.77 bits per heavy atom. The van der Waals surface area contributed by atoms with Gasteiger partial charge < -0.3 is 4.74 Å². The number of nitrogens with zero attached hydrogens (tertiary/aromatic N) is 4. The molecule has 2 aromatic heterocycles. The average Bonchev–Trinajstić information content (AvgIpc) is 3.03. The monoisotopic (exact) mass is 370 g/mol. The van der Waals surface area contributed by atoms with E-state index in [0.29, 0.717) is 23.1 Å². The maximum absolute atomic E-state index is 11.7. The molecule has 0 N–H and O–H groups in total. The number of thioether (sulfide) groups is 1. The largest absolute Gasteiger partial charge is 0.494 e. The summed E-state index contributed by atoms with van der Waals surface area (Å²) in [7, 11) is 0. The number of carbonyl (C=O) groups excluding carboxylic acids is 2. The lowest BCUT2D eigenvalue weighted by Gasteiger charge is -2.09. The Hall–Kier alpha value is -2.74. The lowest BCUT2D eigenvalue weighted by Crippen LogP contribution is -2.22. The van der Waals surface area contributed by atoms with Crippen molar-refractivity contribution >= 4 is 29.0 Å². The van der Waals surface area contributed by atoms with Crippen LogP contribution in [0.25, 0.3) is 17.0 Å². The van der Waals surface area contributed by atoms with Crippen molar-refractivity contribution in [1.82, 2.24) is 19.8 Å². The molecule has 0 aliphatic carbocycles. The first kappa shape index (κ1) is 18.1. The van der Waals surface area contributed by atoms with Crippen molar-refractivity contribution in [3.05, 3.63) is 36.4 Å². The van der Waals surface area contributed by atoms with Gasteiger partial charge in [0.1, 0.15) is 16.0 Å². The fraction of sp³-hybridized carbons (Fsp3) is 0.278. The van der Waals surface area contributed by atoms with Crippen LogP contribution in [-0.2, 0) is 9.59 Å². The standard InChI is InChI=1S/C18H18N4O3S/c1-4-25-14-7-5-13(6-8-14)18-20-19-15-9-10-16(21-22(15)18)26-17(11(2)23)12(3)24/h5-10,17H,4H2,1-3H3. The van der Waals surface area contributed by atoms with Crippen LogP contribution in [0.1, 0.15) is 20.8 Å². The molecule has 2 heterocycles. The second-order valence-corrected chi connectivity index (χ2v) is 6.77. The van der Waals surface area contributed by atoms with Crippen molar-refractivity contribution in [2.24, 2.45) is 0 Å². The molecule has 0 aliphatic heterocycles. The molecule has 0 aliphatic rings. The second kappa shape index (κ2) is 7.65. The van der Waals surface area contributed by atoms with E-state index in [4.69, 9.17) is 4.74 Å². The molecule has 0 atom stereocenters. The van der Waals surface area contributed by atoms with Crippen molar-refractivity contribution in [1.29, 1.82) is 0 Å². The first-order chi connectivity index (χ1) is 12.5. The number of ether oxygens (including phenoxy) is 1. The van der Waals surface area contributed by atoms with E-state index in [-0.39, 0.29) is 11.6 Å². The zero-order valence-corrected chi connectivity index (χ0v) is 15.5. The van der Waals surface area contributed by atoms with Gasteiger partial charge >= 0.3 is 0 Å². The number of fused-ring (bicyclic) bond motifs is 1. The average molecular weight is 370 g/mol. The number of carbonyl (C=O) groups is 2. The summed E-state index contributed by atoms with van der Waals surface area (Å²) in [5, 5.41) is 12.6. The Balaban J connectivity index is 1.95. The van der Waals surface area contributed by atoms with Gasteiger partial charge in [-0.25, -0.2) is 0 Å². The third kappa shape index (κ3) is 3.75. The van der Waals surface area contributed by atoms with Gasteiger partial charge in [-0.05, 0) is 57.2 Å². The summed E-state index contributed by atoms with van der Waals surface area (Å²) in [5.74, 6) is 0.965. The summed E-state index contributed by atoms with van der Waals surface area (Å²) in [6, 6.07) is 11.0. The molecule has 1 aromatic carbocycles. The minimum atomic E-state index is -0.759. The molecular weight excluding hydrogens is 352 g/mol. The lowest BCUT2D eigenvalue weighted by atomic mass is 10.2. The van der Waals surface area contributed by atoms with Gasteiger partial charge in [0.05, 0.1) is 6.61 Å². The van der Waals surface area contributed by atoms with E-state index in [1.54, 1.807) is 16.6 Å². The van der Waals surface area contributed by atoms with Crippen molar-refractivity contribution in [2.45, 2.75) is 31.0 Å². The SMILES string of the molecule is CCOc1ccc(-c2nnc3ccc(SC(C(C)=O)C(C)=O)nn23)cc1. The van der Waals surface area contributed by atoms with Crippen LogP contribution in [-0.4, -0.2) is 43.2 Å². The van der Waals surface area contributed by atoms with Gasteiger partial charge in [0.15, 0.2) is 23.0 Å². The molecule has 7 nitrogen and oxygen atoms in total. The summed E-state index contributed by atoms with van der Waals surface area (Å²) >= 11 is 1.13. The molecule has 0 saturated carbocycles. The summed E-state index contributed by atoms with van der Waals surface area (Å²) in [4.78, 5) is 23.3. The molecule has 0 unspecified atom stereocenters. The molecule has 8 heteroatoms. The predicted octanol–water partition coefficient (Wildman–Crippen LogP) is 2.83. The molecular formula is C18H18N4O3S. The Labute approximate surface area is 154 Å². The first-order valence-electron chi connectivity index (χ1n) is 8.13. The van der Waals surface area contributed by atoms with Crippen LogP contribution in [0.4, 0.5) is 0 Å². The Bertz CT molecular complexity index is 939. The quantitative estimate of drug-likeness (QED) is 0.467. The molecule has 134 valence electrons. The van der Waals surface area contributed by atoms with Gasteiger partial charge in [0, 0.05) is 5.56 Å². The third-order valence-corrected chi connectivity index (χ3v) is 5.00. The van der Waals surface area contributed by atoms with Gasteiger partial charge in [-0.3, -0.25) is 9.59 Å². The highest BCUT2D eigenvalue weighted by atomic mass is 32.2. The minimum absolute atomic E-state index is 0.195. The molecule has 0 fully saturated rings. The number of benzene rings is 1. The highest BCUT2D eigenvalue weighted by Crippen LogP contribution is 2.25. The Kier molecular flexibility index (Phi) is 5.32. The number of hydrogen-bond donors (Lipinski definition) is 0. The normalized spacial score (nSPS) is 11.1. The number of hydrogen-bond acceptors (Lipinski definition) is 7. The van der Waals surface area contributed by atoms with Gasteiger partial charge in [0.2, 0.25) is 0 Å². The van der Waals surface area contributed by atoms with Crippen LogP contribution in [0.2, 0.25) is 0 Å². The summed E-state index contributed by atoms with van der Waals surface area (Å²) < 4.78 is 7.05. The summed E-state index contributed by atoms with van der Waals surface area (Å²) in [6.07, 6.45) is 0. The zero-order chi connectivity index (χ0) is 18.7. The van der Waals surface area contributed by atoms with Gasteiger partial charge in [-0.2, -0.15) is 9.61 Å². The number of rotatable bonds is 7. The van der Waals surface area contributed by atoms with Crippen LogP contribution in [0.15, 0.2) is 41.4 Å². The minimum Gasteiger partial charge on any atom is -0.494 e. The van der Waals surface area contributed by atoms with Crippen LogP contribution in [0.3, 0.4) is 0 Å². The Morgan fingerprint density at radius 1 is 1.08 bits per heavy atom. The summed E-state index contributed by atoms with van der Waals surface area (Å²) in [5.41, 5.74) is 1.42. The van der Waals surface area contributed by atoms with E-state index >= 15 is 0 Å². The number of aromatic nitrogens is 4. The van der Waals surface area contributed by atoms with Crippen molar-refractivity contribution in [3.63, 3.8) is 0 Å². The van der Waals surface area contributed by atoms with Crippen molar-refractivity contribution in [2.75, 3.05) is 6.61 Å². The molecule has 3 rings (SSSR count). The zero-order valence-electron chi connectivity index (χ0n) is 14.7. The maximum Gasteiger partial charge on any atom is 0.185 e. The van der Waals surface area contributed by atoms with E-state index in [0.717, 1.165) is 23.1 Å². The van der Waals surface area contributed by atoms with E-state index in [2.05, 4.69) is 15.3 Å². The highest BCUT2D eigenvalue weighted by molar-refractivity contribution is 8.01. The molecule has 0 amide bonds. The Morgan fingerprint density at radius 3 is 2.38 bits per heavy atom. The first-order valence-corrected chi connectivity index (χ1v) is 9.01. The molecule has 0 saturated heterocycles. The molecule has 3 aromatic rings. The maximum atomic E-state index is 11.7. The fourth-order valence-electron chi connectivity index (χ4n) is 2.45. The number of ketones is 2. The van der Waals surface area contributed by atoms with Gasteiger partial charge in [0.25, 0.3) is 0 Å². The molecule has 0 bridgehead atoms. The van der Waals surface area contributed by atoms with Crippen LogP contribution in [0, 0.1) is 0 Å². The highest BCUT2D eigenvalue weighted by Gasteiger charge is 2.22. The lowest BCUT2D eigenvalue weighted by molar-refractivity contribution is -0.123. The fourth-order valence-corrected chi connectivity index (χ4v) is 3.30. The van der Waals surface area contributed by atoms with Crippen molar-refractivity contribution in [3.8, 4) is 17.1 Å².